The van der Waals surface area contributed by atoms with Crippen molar-refractivity contribution in [1.29, 1.82) is 5.26 Å². The lowest BCUT2D eigenvalue weighted by Gasteiger charge is -2.11. The first-order chi connectivity index (χ1) is 9.60. The topological polar surface area (TPSA) is 81.3 Å². The Balaban J connectivity index is 2.75. The van der Waals surface area contributed by atoms with Crippen LogP contribution in [0.4, 0.5) is 0 Å². The summed E-state index contributed by atoms with van der Waals surface area (Å²) in [5, 5.41) is 9.34. The average Bonchev–Trinajstić information content (AvgIpc) is 2.49. The summed E-state index contributed by atoms with van der Waals surface area (Å²) in [6, 6.07) is 6.73. The summed E-state index contributed by atoms with van der Waals surface area (Å²) < 4.78 is 11.2. The molecular weight excluding hydrogens is 260 g/mol. The predicted octanol–water partition coefficient (Wildman–Crippen LogP) is 1.05. The highest BCUT2D eigenvalue weighted by molar-refractivity contribution is 5.83. The standard InChI is InChI=1S/C14H12N2O4/c1-19-10-3-4-12-11(5-10)14(18)9(6-15)7-16(12)8-13(17)20-2/h3-5,7H,8H2,1-2H3. The van der Waals surface area contributed by atoms with E-state index in [1.54, 1.807) is 18.2 Å². The summed E-state index contributed by atoms with van der Waals surface area (Å²) in [5.74, 6) is 0.0453. The maximum Gasteiger partial charge on any atom is 0.325 e. The van der Waals surface area contributed by atoms with Crippen LogP contribution in [0.2, 0.25) is 0 Å². The third kappa shape index (κ3) is 2.34. The maximum absolute atomic E-state index is 12.1. The molecule has 2 rings (SSSR count). The lowest BCUT2D eigenvalue weighted by molar-refractivity contribution is -0.141. The van der Waals surface area contributed by atoms with Gasteiger partial charge in [-0.25, -0.2) is 0 Å². The number of esters is 1. The monoisotopic (exact) mass is 272 g/mol. The second-order valence-electron chi connectivity index (χ2n) is 4.07. The molecule has 0 bridgehead atoms. The number of hydrogen-bond donors (Lipinski definition) is 0. The lowest BCUT2D eigenvalue weighted by Crippen LogP contribution is -2.17. The van der Waals surface area contributed by atoms with E-state index >= 15 is 0 Å². The number of rotatable bonds is 3. The second-order valence-corrected chi connectivity index (χ2v) is 4.07. The first-order valence-electron chi connectivity index (χ1n) is 5.78. The quantitative estimate of drug-likeness (QED) is 0.780. The molecule has 20 heavy (non-hydrogen) atoms. The molecule has 0 spiro atoms. The normalized spacial score (nSPS) is 10.1. The van der Waals surface area contributed by atoms with Gasteiger partial charge < -0.3 is 14.0 Å². The Morgan fingerprint density at radius 3 is 2.75 bits per heavy atom. The van der Waals surface area contributed by atoms with Gasteiger partial charge in [-0.05, 0) is 18.2 Å². The number of fused-ring (bicyclic) bond motifs is 1. The fourth-order valence-corrected chi connectivity index (χ4v) is 1.92. The van der Waals surface area contributed by atoms with Gasteiger partial charge in [-0.15, -0.1) is 0 Å². The fraction of sp³-hybridized carbons (Fsp3) is 0.214. The van der Waals surface area contributed by atoms with E-state index in [0.29, 0.717) is 16.7 Å². The Morgan fingerprint density at radius 1 is 1.40 bits per heavy atom. The molecule has 0 unspecified atom stereocenters. The largest absolute Gasteiger partial charge is 0.497 e. The first-order valence-corrected chi connectivity index (χ1v) is 5.78. The molecule has 0 fully saturated rings. The van der Waals surface area contributed by atoms with Crippen LogP contribution in [0.25, 0.3) is 10.9 Å². The number of carbonyl (C=O) groups is 1. The molecule has 0 radical (unpaired) electrons. The van der Waals surface area contributed by atoms with Gasteiger partial charge >= 0.3 is 5.97 Å². The average molecular weight is 272 g/mol. The van der Waals surface area contributed by atoms with Crippen molar-refractivity contribution in [2.75, 3.05) is 14.2 Å². The summed E-state index contributed by atoms with van der Waals surface area (Å²) in [4.78, 5) is 23.5. The number of carbonyl (C=O) groups excluding carboxylic acids is 1. The minimum Gasteiger partial charge on any atom is -0.497 e. The van der Waals surface area contributed by atoms with E-state index in [1.807, 2.05) is 6.07 Å². The first kappa shape index (κ1) is 13.6. The van der Waals surface area contributed by atoms with Gasteiger partial charge in [-0.3, -0.25) is 9.59 Å². The van der Waals surface area contributed by atoms with E-state index in [9.17, 15) is 9.59 Å². The smallest absolute Gasteiger partial charge is 0.325 e. The van der Waals surface area contributed by atoms with Crippen LogP contribution >= 0.6 is 0 Å². The molecule has 0 aliphatic heterocycles. The maximum atomic E-state index is 12.1. The highest BCUT2D eigenvalue weighted by atomic mass is 16.5. The molecule has 0 amide bonds. The van der Waals surface area contributed by atoms with E-state index in [1.165, 1.54) is 25.0 Å². The third-order valence-corrected chi connectivity index (χ3v) is 2.93. The highest BCUT2D eigenvalue weighted by Gasteiger charge is 2.12. The Hall–Kier alpha value is -2.81. The van der Waals surface area contributed by atoms with Gasteiger partial charge in [0.2, 0.25) is 5.43 Å². The third-order valence-electron chi connectivity index (χ3n) is 2.93. The zero-order valence-corrected chi connectivity index (χ0v) is 11.0. The van der Waals surface area contributed by atoms with Crippen molar-refractivity contribution >= 4 is 16.9 Å². The summed E-state index contributed by atoms with van der Waals surface area (Å²) in [6.07, 6.45) is 1.36. The van der Waals surface area contributed by atoms with Crippen molar-refractivity contribution in [3.8, 4) is 11.8 Å². The van der Waals surface area contributed by atoms with E-state index in [0.717, 1.165) is 0 Å². The van der Waals surface area contributed by atoms with E-state index in [-0.39, 0.29) is 17.5 Å². The van der Waals surface area contributed by atoms with E-state index in [4.69, 9.17) is 10.00 Å². The van der Waals surface area contributed by atoms with Gasteiger partial charge in [-0.1, -0.05) is 0 Å². The minimum atomic E-state index is -0.463. The van der Waals surface area contributed by atoms with Crippen molar-refractivity contribution < 1.29 is 14.3 Å². The molecule has 1 heterocycles. The van der Waals surface area contributed by atoms with Crippen molar-refractivity contribution in [1.82, 2.24) is 4.57 Å². The molecule has 2 aromatic rings. The predicted molar refractivity (Wildman–Crippen MR) is 71.5 cm³/mol. The summed E-state index contributed by atoms with van der Waals surface area (Å²) >= 11 is 0. The van der Waals surface area contributed by atoms with Crippen LogP contribution in [0.1, 0.15) is 5.56 Å². The number of aromatic nitrogens is 1. The van der Waals surface area contributed by atoms with Crippen LogP contribution < -0.4 is 10.2 Å². The molecule has 102 valence electrons. The molecule has 0 atom stereocenters. The number of hydrogen-bond acceptors (Lipinski definition) is 5. The number of methoxy groups -OCH3 is 2. The van der Waals surface area contributed by atoms with Gasteiger partial charge in [0.05, 0.1) is 25.1 Å². The highest BCUT2D eigenvalue weighted by Crippen LogP contribution is 2.19. The molecular formula is C14H12N2O4. The van der Waals surface area contributed by atoms with Gasteiger partial charge in [0.1, 0.15) is 23.9 Å². The molecule has 0 saturated heterocycles. The molecule has 6 nitrogen and oxygen atoms in total. The Labute approximate surface area is 114 Å². The Kier molecular flexibility index (Phi) is 3.71. The van der Waals surface area contributed by atoms with Crippen LogP contribution in [-0.4, -0.2) is 24.8 Å². The molecule has 1 aromatic heterocycles. The number of pyridine rings is 1. The summed E-state index contributed by atoms with van der Waals surface area (Å²) in [5.41, 5.74) is 0.123. The summed E-state index contributed by atoms with van der Waals surface area (Å²) in [6.45, 7) is -0.0751. The molecule has 0 N–H and O–H groups in total. The Bertz CT molecular complexity index is 771. The molecule has 6 heteroatoms. The zero-order chi connectivity index (χ0) is 14.7. The molecule has 1 aromatic carbocycles. The van der Waals surface area contributed by atoms with Crippen molar-refractivity contribution in [3.63, 3.8) is 0 Å². The molecule has 0 saturated carbocycles. The fourth-order valence-electron chi connectivity index (χ4n) is 1.92. The zero-order valence-electron chi connectivity index (χ0n) is 11.0. The lowest BCUT2D eigenvalue weighted by atomic mass is 10.1. The van der Waals surface area contributed by atoms with Gasteiger partial charge in [0.15, 0.2) is 0 Å². The number of benzene rings is 1. The van der Waals surface area contributed by atoms with Crippen LogP contribution in [0.5, 0.6) is 5.75 Å². The molecule has 0 aliphatic carbocycles. The van der Waals surface area contributed by atoms with Gasteiger partial charge in [-0.2, -0.15) is 5.26 Å². The van der Waals surface area contributed by atoms with Crippen LogP contribution in [0.3, 0.4) is 0 Å². The van der Waals surface area contributed by atoms with Crippen molar-refractivity contribution in [2.24, 2.45) is 0 Å². The number of nitrogens with zero attached hydrogens (tertiary/aromatic N) is 2. The van der Waals surface area contributed by atoms with E-state index in [2.05, 4.69) is 4.74 Å². The van der Waals surface area contributed by atoms with Crippen LogP contribution in [0.15, 0.2) is 29.2 Å². The number of ether oxygens (including phenoxy) is 2. The summed E-state index contributed by atoms with van der Waals surface area (Å²) in [7, 11) is 2.77. The molecule has 0 aliphatic rings. The van der Waals surface area contributed by atoms with Crippen molar-refractivity contribution in [2.45, 2.75) is 6.54 Å². The SMILES string of the molecule is COC(=O)Cn1cc(C#N)c(=O)c2cc(OC)ccc21. The van der Waals surface area contributed by atoms with Crippen LogP contribution in [0, 0.1) is 11.3 Å². The second kappa shape index (κ2) is 5.45. The van der Waals surface area contributed by atoms with Gasteiger partial charge in [0, 0.05) is 6.20 Å². The van der Waals surface area contributed by atoms with E-state index < -0.39 is 5.97 Å². The van der Waals surface area contributed by atoms with Gasteiger partial charge in [0.25, 0.3) is 0 Å². The van der Waals surface area contributed by atoms with Crippen LogP contribution in [-0.2, 0) is 16.1 Å². The minimum absolute atomic E-state index is 0.0327. The number of nitriles is 1. The van der Waals surface area contributed by atoms with Crippen molar-refractivity contribution in [3.05, 3.63) is 40.2 Å². The Morgan fingerprint density at radius 2 is 2.15 bits per heavy atom.